The van der Waals surface area contributed by atoms with Crippen molar-refractivity contribution in [3.05, 3.63) is 30.3 Å². The fourth-order valence-electron chi connectivity index (χ4n) is 2.52. The maximum Gasteiger partial charge on any atom is 0.0367 e. The average molecular weight is 217 g/mol. The molecule has 0 spiro atoms. The van der Waals surface area contributed by atoms with Gasteiger partial charge >= 0.3 is 0 Å². The largest absolute Gasteiger partial charge is 0.369 e. The van der Waals surface area contributed by atoms with Crippen LogP contribution in [0.2, 0.25) is 0 Å². The monoisotopic (exact) mass is 217 g/mol. The molecule has 0 atom stereocenters. The average Bonchev–Trinajstić information content (AvgIpc) is 2.29. The van der Waals surface area contributed by atoms with Crippen LogP contribution in [0.25, 0.3) is 0 Å². The predicted molar refractivity (Wildman–Crippen MR) is 66.9 cm³/mol. The zero-order chi connectivity index (χ0) is 10.8. The molecule has 1 N–H and O–H groups in total. The first kappa shape index (κ1) is 10.1. The summed E-state index contributed by atoms with van der Waals surface area (Å²) < 4.78 is 0. The van der Waals surface area contributed by atoms with E-state index in [1.54, 1.807) is 0 Å². The summed E-state index contributed by atoms with van der Waals surface area (Å²) in [5.74, 6) is 0. The van der Waals surface area contributed by atoms with Crippen molar-refractivity contribution in [3.63, 3.8) is 0 Å². The van der Waals surface area contributed by atoms with Crippen molar-refractivity contribution >= 4 is 5.69 Å². The van der Waals surface area contributed by atoms with E-state index in [-0.39, 0.29) is 0 Å². The molecule has 3 rings (SSSR count). The minimum Gasteiger partial charge on any atom is -0.369 e. The second-order valence-corrected chi connectivity index (χ2v) is 4.67. The molecule has 2 heterocycles. The Morgan fingerprint density at radius 1 is 0.938 bits per heavy atom. The Kier molecular flexibility index (Phi) is 2.80. The van der Waals surface area contributed by atoms with Gasteiger partial charge in [0.1, 0.15) is 0 Å². The number of nitrogens with one attached hydrogen (secondary N) is 1. The second-order valence-electron chi connectivity index (χ2n) is 4.67. The number of rotatable bonds is 2. The lowest BCUT2D eigenvalue weighted by atomic mass is 10.1. The summed E-state index contributed by atoms with van der Waals surface area (Å²) in [5.41, 5.74) is 1.37. The van der Waals surface area contributed by atoms with Gasteiger partial charge in [-0.3, -0.25) is 4.90 Å². The van der Waals surface area contributed by atoms with Crippen LogP contribution in [0.1, 0.15) is 0 Å². The summed E-state index contributed by atoms with van der Waals surface area (Å²) in [6, 6.07) is 11.5. The Hall–Kier alpha value is -1.06. The Morgan fingerprint density at radius 2 is 1.62 bits per heavy atom. The molecule has 2 aliphatic rings. The normalized spacial score (nSPS) is 23.1. The van der Waals surface area contributed by atoms with Crippen LogP contribution in [0.5, 0.6) is 0 Å². The first-order chi connectivity index (χ1) is 7.93. The highest BCUT2D eigenvalue weighted by atomic mass is 15.3. The highest BCUT2D eigenvalue weighted by molar-refractivity contribution is 5.46. The van der Waals surface area contributed by atoms with Gasteiger partial charge in [-0.05, 0) is 12.1 Å². The molecule has 0 amide bonds. The topological polar surface area (TPSA) is 18.5 Å². The summed E-state index contributed by atoms with van der Waals surface area (Å²) in [7, 11) is 0. The molecule has 0 aromatic heterocycles. The second kappa shape index (κ2) is 4.44. The SMILES string of the molecule is c1ccc(N2CCN(C3CNC3)CC2)cc1. The van der Waals surface area contributed by atoms with Gasteiger partial charge in [-0.1, -0.05) is 18.2 Å². The van der Waals surface area contributed by atoms with Crippen molar-refractivity contribution in [1.82, 2.24) is 10.2 Å². The van der Waals surface area contributed by atoms with E-state index < -0.39 is 0 Å². The van der Waals surface area contributed by atoms with Crippen molar-refractivity contribution in [2.75, 3.05) is 44.2 Å². The zero-order valence-electron chi connectivity index (χ0n) is 9.60. The first-order valence-electron chi connectivity index (χ1n) is 6.18. The summed E-state index contributed by atoms with van der Waals surface area (Å²) in [6.07, 6.45) is 0. The van der Waals surface area contributed by atoms with Crippen LogP contribution < -0.4 is 10.2 Å². The number of hydrogen-bond acceptors (Lipinski definition) is 3. The highest BCUT2D eigenvalue weighted by Gasteiger charge is 2.27. The highest BCUT2D eigenvalue weighted by Crippen LogP contribution is 2.17. The van der Waals surface area contributed by atoms with Crippen LogP contribution in [0, 0.1) is 0 Å². The van der Waals surface area contributed by atoms with E-state index in [0.29, 0.717) is 0 Å². The molecule has 0 bridgehead atoms. The maximum atomic E-state index is 3.35. The molecule has 2 saturated heterocycles. The van der Waals surface area contributed by atoms with Crippen molar-refractivity contribution in [1.29, 1.82) is 0 Å². The smallest absolute Gasteiger partial charge is 0.0367 e. The van der Waals surface area contributed by atoms with Gasteiger partial charge in [0, 0.05) is 51.0 Å². The molecule has 0 radical (unpaired) electrons. The number of piperazine rings is 1. The molecule has 86 valence electrons. The summed E-state index contributed by atoms with van der Waals surface area (Å²) >= 11 is 0. The third-order valence-corrected chi connectivity index (χ3v) is 3.71. The van der Waals surface area contributed by atoms with E-state index >= 15 is 0 Å². The van der Waals surface area contributed by atoms with E-state index in [1.165, 1.54) is 45.0 Å². The van der Waals surface area contributed by atoms with Crippen molar-refractivity contribution < 1.29 is 0 Å². The number of hydrogen-bond donors (Lipinski definition) is 1. The number of benzene rings is 1. The van der Waals surface area contributed by atoms with Gasteiger partial charge in [0.05, 0.1) is 0 Å². The van der Waals surface area contributed by atoms with E-state index in [4.69, 9.17) is 0 Å². The molecule has 3 nitrogen and oxygen atoms in total. The van der Waals surface area contributed by atoms with Gasteiger partial charge in [0.2, 0.25) is 0 Å². The van der Waals surface area contributed by atoms with Crippen LogP contribution in [0.4, 0.5) is 5.69 Å². The van der Waals surface area contributed by atoms with Crippen LogP contribution in [-0.2, 0) is 0 Å². The zero-order valence-corrected chi connectivity index (χ0v) is 9.60. The molecule has 0 unspecified atom stereocenters. The molecule has 2 fully saturated rings. The van der Waals surface area contributed by atoms with Crippen LogP contribution in [0.3, 0.4) is 0 Å². The van der Waals surface area contributed by atoms with Gasteiger partial charge < -0.3 is 10.2 Å². The van der Waals surface area contributed by atoms with Crippen LogP contribution in [-0.4, -0.2) is 50.2 Å². The third-order valence-electron chi connectivity index (χ3n) is 3.71. The lowest BCUT2D eigenvalue weighted by molar-refractivity contribution is 0.138. The summed E-state index contributed by atoms with van der Waals surface area (Å²) in [6.45, 7) is 7.13. The van der Waals surface area contributed by atoms with Gasteiger partial charge in [-0.15, -0.1) is 0 Å². The fraction of sp³-hybridized carbons (Fsp3) is 0.538. The van der Waals surface area contributed by atoms with Crippen LogP contribution in [0.15, 0.2) is 30.3 Å². The van der Waals surface area contributed by atoms with E-state index in [0.717, 1.165) is 6.04 Å². The van der Waals surface area contributed by atoms with Crippen molar-refractivity contribution in [2.45, 2.75) is 6.04 Å². The fourth-order valence-corrected chi connectivity index (χ4v) is 2.52. The Balaban J connectivity index is 1.58. The number of anilines is 1. The van der Waals surface area contributed by atoms with Gasteiger partial charge in [0.25, 0.3) is 0 Å². The van der Waals surface area contributed by atoms with E-state index in [2.05, 4.69) is 45.4 Å². The van der Waals surface area contributed by atoms with Gasteiger partial charge in [-0.2, -0.15) is 0 Å². The maximum absolute atomic E-state index is 3.35. The number of para-hydroxylation sites is 1. The van der Waals surface area contributed by atoms with Gasteiger partial charge in [-0.25, -0.2) is 0 Å². The van der Waals surface area contributed by atoms with Crippen LogP contribution >= 0.6 is 0 Å². The molecular weight excluding hydrogens is 198 g/mol. The minimum absolute atomic E-state index is 0.804. The lowest BCUT2D eigenvalue weighted by Crippen LogP contribution is -2.61. The number of nitrogens with zero attached hydrogens (tertiary/aromatic N) is 2. The molecule has 0 aliphatic carbocycles. The predicted octanol–water partition coefficient (Wildman–Crippen LogP) is 0.780. The quantitative estimate of drug-likeness (QED) is 0.790. The standard InChI is InChI=1S/C13H19N3/c1-2-4-12(5-3-1)15-6-8-16(9-7-15)13-10-14-11-13/h1-5,13-14H,6-11H2. The molecule has 2 aliphatic heterocycles. The first-order valence-corrected chi connectivity index (χ1v) is 6.18. The molecule has 16 heavy (non-hydrogen) atoms. The molecular formula is C13H19N3. The molecule has 1 aromatic carbocycles. The summed E-state index contributed by atoms with van der Waals surface area (Å²) in [5, 5.41) is 3.35. The summed E-state index contributed by atoms with van der Waals surface area (Å²) in [4.78, 5) is 5.11. The Labute approximate surface area is 97.0 Å². The molecule has 3 heteroatoms. The Morgan fingerprint density at radius 3 is 2.19 bits per heavy atom. The van der Waals surface area contributed by atoms with Crippen molar-refractivity contribution in [2.24, 2.45) is 0 Å². The molecule has 1 aromatic rings. The van der Waals surface area contributed by atoms with Gasteiger partial charge in [0.15, 0.2) is 0 Å². The lowest BCUT2D eigenvalue weighted by Gasteiger charge is -2.43. The Bertz CT molecular complexity index is 326. The third kappa shape index (κ3) is 1.93. The van der Waals surface area contributed by atoms with Crippen molar-refractivity contribution in [3.8, 4) is 0 Å². The van der Waals surface area contributed by atoms with E-state index in [9.17, 15) is 0 Å². The molecule has 0 saturated carbocycles. The van der Waals surface area contributed by atoms with E-state index in [1.807, 2.05) is 0 Å². The minimum atomic E-state index is 0.804.